The molecule has 1 aromatic carbocycles. The Kier molecular flexibility index (Phi) is 3.56. The first-order valence-corrected chi connectivity index (χ1v) is 6.51. The highest BCUT2D eigenvalue weighted by molar-refractivity contribution is 6.31. The topological polar surface area (TPSA) is 87.4 Å². The first kappa shape index (κ1) is 14.2. The van der Waals surface area contributed by atoms with Gasteiger partial charge >= 0.3 is 6.09 Å². The molecule has 0 fully saturated rings. The molecular weight excluding hydrogens is 313 g/mol. The SMILES string of the molecule is O=C(O)Nc1oc2cnccc2c1Nc1ccc(F)c(Cl)c1. The molecule has 0 saturated carbocycles. The van der Waals surface area contributed by atoms with E-state index in [0.29, 0.717) is 22.3 Å². The van der Waals surface area contributed by atoms with Crippen molar-refractivity contribution in [3.63, 3.8) is 0 Å². The molecule has 22 heavy (non-hydrogen) atoms. The van der Waals surface area contributed by atoms with Crippen molar-refractivity contribution < 1.29 is 18.7 Å². The molecule has 3 rings (SSSR count). The summed E-state index contributed by atoms with van der Waals surface area (Å²) in [5.74, 6) is -0.534. The Balaban J connectivity index is 2.07. The molecule has 3 aromatic rings. The van der Waals surface area contributed by atoms with Gasteiger partial charge in [-0.3, -0.25) is 10.3 Å². The maximum atomic E-state index is 13.2. The summed E-state index contributed by atoms with van der Waals surface area (Å²) in [4.78, 5) is 14.8. The van der Waals surface area contributed by atoms with Gasteiger partial charge in [0.2, 0.25) is 5.88 Å². The second-order valence-electron chi connectivity index (χ2n) is 4.36. The van der Waals surface area contributed by atoms with Gasteiger partial charge in [0.05, 0.1) is 11.2 Å². The lowest BCUT2D eigenvalue weighted by Crippen LogP contribution is -2.07. The van der Waals surface area contributed by atoms with E-state index in [1.807, 2.05) is 0 Å². The van der Waals surface area contributed by atoms with Crippen molar-refractivity contribution >= 4 is 45.9 Å². The van der Waals surface area contributed by atoms with Crippen LogP contribution in [0.3, 0.4) is 0 Å². The minimum Gasteiger partial charge on any atom is -0.465 e. The molecule has 2 aromatic heterocycles. The maximum absolute atomic E-state index is 13.2. The van der Waals surface area contributed by atoms with Crippen LogP contribution in [0.25, 0.3) is 11.0 Å². The van der Waals surface area contributed by atoms with Gasteiger partial charge in [-0.1, -0.05) is 11.6 Å². The van der Waals surface area contributed by atoms with Gasteiger partial charge in [0.1, 0.15) is 11.5 Å². The van der Waals surface area contributed by atoms with Crippen LogP contribution in [-0.4, -0.2) is 16.2 Å². The highest BCUT2D eigenvalue weighted by atomic mass is 35.5. The van der Waals surface area contributed by atoms with E-state index in [0.717, 1.165) is 0 Å². The fraction of sp³-hybridized carbons (Fsp3) is 0. The second kappa shape index (κ2) is 5.53. The van der Waals surface area contributed by atoms with Crippen LogP contribution in [0, 0.1) is 5.82 Å². The summed E-state index contributed by atoms with van der Waals surface area (Å²) >= 11 is 5.74. The van der Waals surface area contributed by atoms with Gasteiger partial charge < -0.3 is 14.8 Å². The van der Waals surface area contributed by atoms with E-state index in [1.54, 1.807) is 12.3 Å². The van der Waals surface area contributed by atoms with Gasteiger partial charge in [0.25, 0.3) is 0 Å². The number of benzene rings is 1. The summed E-state index contributed by atoms with van der Waals surface area (Å²) in [5, 5.41) is 14.6. The molecule has 0 atom stereocenters. The number of nitrogens with one attached hydrogen (secondary N) is 2. The molecule has 0 spiro atoms. The van der Waals surface area contributed by atoms with Crippen LogP contribution >= 0.6 is 11.6 Å². The zero-order chi connectivity index (χ0) is 15.7. The van der Waals surface area contributed by atoms with Crippen molar-refractivity contribution in [2.24, 2.45) is 0 Å². The third-order valence-corrected chi connectivity index (χ3v) is 3.19. The molecule has 0 aliphatic rings. The van der Waals surface area contributed by atoms with Crippen molar-refractivity contribution in [3.05, 3.63) is 47.5 Å². The average Bonchev–Trinajstić information content (AvgIpc) is 2.80. The van der Waals surface area contributed by atoms with Crippen LogP contribution in [0.2, 0.25) is 5.02 Å². The smallest absolute Gasteiger partial charge is 0.411 e. The van der Waals surface area contributed by atoms with Crippen LogP contribution < -0.4 is 10.6 Å². The molecule has 0 bridgehead atoms. The maximum Gasteiger partial charge on any atom is 0.411 e. The summed E-state index contributed by atoms with van der Waals surface area (Å²) in [7, 11) is 0. The van der Waals surface area contributed by atoms with E-state index < -0.39 is 11.9 Å². The van der Waals surface area contributed by atoms with Gasteiger partial charge in [-0.15, -0.1) is 0 Å². The Morgan fingerprint density at radius 2 is 2.18 bits per heavy atom. The van der Waals surface area contributed by atoms with E-state index in [4.69, 9.17) is 21.1 Å². The van der Waals surface area contributed by atoms with E-state index in [2.05, 4.69) is 15.6 Å². The third-order valence-electron chi connectivity index (χ3n) is 2.90. The molecule has 0 radical (unpaired) electrons. The number of carboxylic acid groups (broad SMARTS) is 1. The Labute approximate surface area is 128 Å². The molecule has 8 heteroatoms. The van der Waals surface area contributed by atoms with E-state index in [-0.39, 0.29) is 10.9 Å². The number of hydrogen-bond acceptors (Lipinski definition) is 4. The Bertz CT molecular complexity index is 866. The molecule has 0 aliphatic carbocycles. The monoisotopic (exact) mass is 321 g/mol. The first-order chi connectivity index (χ1) is 10.5. The van der Waals surface area contributed by atoms with Crippen LogP contribution in [0.4, 0.5) is 26.4 Å². The molecule has 1 amide bonds. The summed E-state index contributed by atoms with van der Waals surface area (Å²) < 4.78 is 18.6. The largest absolute Gasteiger partial charge is 0.465 e. The van der Waals surface area contributed by atoms with E-state index >= 15 is 0 Å². The first-order valence-electron chi connectivity index (χ1n) is 6.13. The molecular formula is C14H9ClFN3O3. The normalized spacial score (nSPS) is 10.6. The number of pyridine rings is 1. The summed E-state index contributed by atoms with van der Waals surface area (Å²) in [5.41, 5.74) is 1.28. The third kappa shape index (κ3) is 2.66. The van der Waals surface area contributed by atoms with Gasteiger partial charge in [0.15, 0.2) is 5.58 Å². The number of furan rings is 1. The van der Waals surface area contributed by atoms with Crippen LogP contribution in [0.15, 0.2) is 41.1 Å². The highest BCUT2D eigenvalue weighted by Gasteiger charge is 2.16. The van der Waals surface area contributed by atoms with Crippen LogP contribution in [-0.2, 0) is 0 Å². The van der Waals surface area contributed by atoms with Gasteiger partial charge in [-0.05, 0) is 24.3 Å². The quantitative estimate of drug-likeness (QED) is 0.663. The Morgan fingerprint density at radius 1 is 1.36 bits per heavy atom. The predicted molar refractivity (Wildman–Crippen MR) is 80.3 cm³/mol. The van der Waals surface area contributed by atoms with Crippen LogP contribution in [0.1, 0.15) is 0 Å². The average molecular weight is 322 g/mol. The summed E-state index contributed by atoms with van der Waals surface area (Å²) in [6.45, 7) is 0. The van der Waals surface area contributed by atoms with Gasteiger partial charge in [0, 0.05) is 17.3 Å². The predicted octanol–water partition coefficient (Wildman–Crippen LogP) is 4.45. The number of rotatable bonds is 3. The molecule has 0 saturated heterocycles. The minimum atomic E-state index is -1.27. The molecule has 0 aliphatic heterocycles. The number of nitrogens with zero attached hydrogens (tertiary/aromatic N) is 1. The molecule has 6 nitrogen and oxygen atoms in total. The number of anilines is 3. The van der Waals surface area contributed by atoms with Gasteiger partial charge in [-0.2, -0.15) is 0 Å². The number of hydrogen-bond donors (Lipinski definition) is 3. The molecule has 112 valence electrons. The fourth-order valence-electron chi connectivity index (χ4n) is 1.98. The van der Waals surface area contributed by atoms with Crippen LogP contribution in [0.5, 0.6) is 0 Å². The number of carbonyl (C=O) groups is 1. The van der Waals surface area contributed by atoms with Crippen molar-refractivity contribution in [2.75, 3.05) is 10.6 Å². The standard InChI is InChI=1S/C14H9ClFN3O3/c15-9-5-7(1-2-10(9)16)18-12-8-3-4-17-6-11(8)22-13(12)19-14(20)21/h1-6,18-19H,(H,20,21). The lowest BCUT2D eigenvalue weighted by Gasteiger charge is -2.07. The Morgan fingerprint density at radius 3 is 2.91 bits per heavy atom. The second-order valence-corrected chi connectivity index (χ2v) is 4.77. The minimum absolute atomic E-state index is 0.0101. The zero-order valence-electron chi connectivity index (χ0n) is 10.9. The Hall–Kier alpha value is -2.80. The van der Waals surface area contributed by atoms with E-state index in [1.165, 1.54) is 24.4 Å². The summed E-state index contributed by atoms with van der Waals surface area (Å²) in [6, 6.07) is 5.74. The number of fused-ring (bicyclic) bond motifs is 1. The van der Waals surface area contributed by atoms with Crippen molar-refractivity contribution in [1.29, 1.82) is 0 Å². The number of amides is 1. The van der Waals surface area contributed by atoms with E-state index in [9.17, 15) is 9.18 Å². The molecule has 2 heterocycles. The zero-order valence-corrected chi connectivity index (χ0v) is 11.7. The molecule has 0 unspecified atom stereocenters. The lowest BCUT2D eigenvalue weighted by molar-refractivity contribution is 0.209. The number of halogens is 2. The highest BCUT2D eigenvalue weighted by Crippen LogP contribution is 2.37. The van der Waals surface area contributed by atoms with Crippen molar-refractivity contribution in [2.45, 2.75) is 0 Å². The van der Waals surface area contributed by atoms with Gasteiger partial charge in [-0.25, -0.2) is 9.18 Å². The lowest BCUT2D eigenvalue weighted by atomic mass is 10.2. The summed E-state index contributed by atoms with van der Waals surface area (Å²) in [6.07, 6.45) is 1.74. The van der Waals surface area contributed by atoms with Crippen molar-refractivity contribution in [3.8, 4) is 0 Å². The fourth-order valence-corrected chi connectivity index (χ4v) is 2.16. The number of aromatic nitrogens is 1. The van der Waals surface area contributed by atoms with Crippen molar-refractivity contribution in [1.82, 2.24) is 4.98 Å². The molecule has 3 N–H and O–H groups in total.